The van der Waals surface area contributed by atoms with Gasteiger partial charge in [-0.1, -0.05) is 11.8 Å². The summed E-state index contributed by atoms with van der Waals surface area (Å²) >= 11 is 1.24. The maximum Gasteiger partial charge on any atom is 0.234 e. The number of hydrogen-bond donors (Lipinski definition) is 1. The normalized spacial score (nSPS) is 11.2. The lowest BCUT2D eigenvalue weighted by molar-refractivity contribution is -0.113. The Morgan fingerprint density at radius 2 is 1.68 bits per heavy atom. The number of nitrogens with one attached hydrogen (secondary N) is 1. The van der Waals surface area contributed by atoms with Crippen LogP contribution in [0, 0.1) is 0 Å². The van der Waals surface area contributed by atoms with E-state index in [0.717, 1.165) is 23.3 Å². The molecule has 0 aliphatic heterocycles. The van der Waals surface area contributed by atoms with Crippen LogP contribution in [0.25, 0.3) is 17.1 Å². The summed E-state index contributed by atoms with van der Waals surface area (Å²) in [5, 5.41) is 12.0. The predicted molar refractivity (Wildman–Crippen MR) is 130 cm³/mol. The molecule has 34 heavy (non-hydrogen) atoms. The van der Waals surface area contributed by atoms with Crippen LogP contribution in [0.3, 0.4) is 0 Å². The number of thioether (sulfide) groups is 1. The molecule has 11 heteroatoms. The molecule has 2 heterocycles. The Morgan fingerprint density at radius 1 is 1.00 bits per heavy atom. The average molecular weight is 496 g/mol. The minimum absolute atomic E-state index is 0.0818. The van der Waals surface area contributed by atoms with Crippen molar-refractivity contribution in [1.82, 2.24) is 19.7 Å². The van der Waals surface area contributed by atoms with Gasteiger partial charge in [-0.3, -0.25) is 14.3 Å². The zero-order chi connectivity index (χ0) is 24.1. The summed E-state index contributed by atoms with van der Waals surface area (Å²) in [6, 6.07) is 17.2. The monoisotopic (exact) mass is 495 g/mol. The third kappa shape index (κ3) is 5.43. The molecule has 0 aliphatic rings. The van der Waals surface area contributed by atoms with E-state index >= 15 is 0 Å². The number of hydrogen-bond acceptors (Lipinski definition) is 8. The van der Waals surface area contributed by atoms with Crippen LogP contribution in [0.1, 0.15) is 0 Å². The molecule has 0 spiro atoms. The number of amides is 1. The van der Waals surface area contributed by atoms with Gasteiger partial charge in [0.15, 0.2) is 20.8 Å². The molecule has 2 aromatic carbocycles. The van der Waals surface area contributed by atoms with Crippen molar-refractivity contribution in [2.45, 2.75) is 10.1 Å². The number of ether oxygens (including phenoxy) is 1. The second-order valence-electron chi connectivity index (χ2n) is 7.21. The highest BCUT2D eigenvalue weighted by Crippen LogP contribution is 2.28. The highest BCUT2D eigenvalue weighted by atomic mass is 32.2. The second kappa shape index (κ2) is 10.1. The van der Waals surface area contributed by atoms with Crippen LogP contribution in [0.15, 0.2) is 83.1 Å². The van der Waals surface area contributed by atoms with Crippen molar-refractivity contribution in [3.05, 3.63) is 73.1 Å². The van der Waals surface area contributed by atoms with Gasteiger partial charge in [0.05, 0.1) is 17.8 Å². The molecular weight excluding hydrogens is 474 g/mol. The van der Waals surface area contributed by atoms with Crippen molar-refractivity contribution in [3.8, 4) is 22.8 Å². The molecule has 2 aromatic heterocycles. The van der Waals surface area contributed by atoms with Crippen molar-refractivity contribution in [2.24, 2.45) is 0 Å². The molecule has 1 amide bonds. The molecule has 0 aliphatic carbocycles. The molecule has 0 saturated heterocycles. The average Bonchev–Trinajstić information content (AvgIpc) is 3.27. The number of anilines is 1. The van der Waals surface area contributed by atoms with Gasteiger partial charge in [0.2, 0.25) is 5.91 Å². The van der Waals surface area contributed by atoms with E-state index in [1.165, 1.54) is 23.9 Å². The lowest BCUT2D eigenvalue weighted by atomic mass is 10.2. The van der Waals surface area contributed by atoms with Crippen LogP contribution < -0.4 is 10.1 Å². The highest BCUT2D eigenvalue weighted by Gasteiger charge is 2.18. The zero-order valence-corrected chi connectivity index (χ0v) is 20.0. The Morgan fingerprint density at radius 3 is 2.29 bits per heavy atom. The fourth-order valence-corrected chi connectivity index (χ4v) is 4.51. The molecule has 4 rings (SSSR count). The lowest BCUT2D eigenvalue weighted by Gasteiger charge is -2.11. The third-order valence-corrected chi connectivity index (χ3v) is 6.86. The number of pyridine rings is 1. The molecule has 174 valence electrons. The number of carbonyl (C=O) groups excluding carboxylic acids is 1. The van der Waals surface area contributed by atoms with E-state index in [1.54, 1.807) is 31.6 Å². The number of benzene rings is 2. The molecule has 9 nitrogen and oxygen atoms in total. The summed E-state index contributed by atoms with van der Waals surface area (Å²) in [6.45, 7) is 0. The largest absolute Gasteiger partial charge is 0.497 e. The molecule has 0 radical (unpaired) electrons. The Balaban J connectivity index is 1.54. The summed E-state index contributed by atoms with van der Waals surface area (Å²) in [5.74, 6) is 1.16. The van der Waals surface area contributed by atoms with Gasteiger partial charge in [-0.05, 0) is 60.7 Å². The van der Waals surface area contributed by atoms with Gasteiger partial charge in [-0.2, -0.15) is 0 Å². The van der Waals surface area contributed by atoms with Gasteiger partial charge in [-0.25, -0.2) is 8.42 Å². The molecule has 0 unspecified atom stereocenters. The van der Waals surface area contributed by atoms with Crippen molar-refractivity contribution in [1.29, 1.82) is 0 Å². The second-order valence-corrected chi connectivity index (χ2v) is 10.2. The number of sulfone groups is 1. The van der Waals surface area contributed by atoms with E-state index in [0.29, 0.717) is 16.7 Å². The van der Waals surface area contributed by atoms with Gasteiger partial charge < -0.3 is 10.1 Å². The lowest BCUT2D eigenvalue weighted by Crippen LogP contribution is -2.14. The molecule has 0 bridgehead atoms. The SMILES string of the molecule is COc1ccc(-n2c(SCC(=O)Nc3ccc(S(C)(=O)=O)cc3)nnc2-c2ccncc2)cc1. The predicted octanol–water partition coefficient (Wildman–Crippen LogP) is 3.47. The standard InChI is InChI=1S/C23H21N5O4S2/c1-32-19-7-5-18(6-8-19)28-22(16-11-13-24-14-12-16)26-27-23(28)33-15-21(29)25-17-3-9-20(10-4-17)34(2,30)31/h3-14H,15H2,1-2H3,(H,25,29). The Kier molecular flexibility index (Phi) is 6.94. The first kappa shape index (κ1) is 23.5. The van der Waals surface area contributed by atoms with Gasteiger partial charge in [0.1, 0.15) is 5.75 Å². The van der Waals surface area contributed by atoms with Crippen LogP contribution in [0.5, 0.6) is 5.75 Å². The Bertz CT molecular complexity index is 1390. The van der Waals surface area contributed by atoms with Crippen molar-refractivity contribution in [2.75, 3.05) is 24.4 Å². The summed E-state index contributed by atoms with van der Waals surface area (Å²) in [6.07, 6.45) is 4.49. The van der Waals surface area contributed by atoms with Crippen LogP contribution in [-0.2, 0) is 14.6 Å². The molecule has 0 saturated carbocycles. The Hall–Kier alpha value is -3.70. The van der Waals surface area contributed by atoms with Crippen molar-refractivity contribution < 1.29 is 17.9 Å². The molecule has 0 fully saturated rings. The molecule has 0 atom stereocenters. The van der Waals surface area contributed by atoms with Crippen LogP contribution in [-0.4, -0.2) is 53.2 Å². The molecule has 4 aromatic rings. The first-order chi connectivity index (χ1) is 16.3. The van der Waals surface area contributed by atoms with E-state index in [9.17, 15) is 13.2 Å². The zero-order valence-electron chi connectivity index (χ0n) is 18.4. The van der Waals surface area contributed by atoms with E-state index in [4.69, 9.17) is 4.74 Å². The van der Waals surface area contributed by atoms with Crippen molar-refractivity contribution >= 4 is 33.2 Å². The van der Waals surface area contributed by atoms with Crippen LogP contribution in [0.2, 0.25) is 0 Å². The third-order valence-electron chi connectivity index (χ3n) is 4.80. The van der Waals surface area contributed by atoms with Gasteiger partial charge in [-0.15, -0.1) is 10.2 Å². The minimum atomic E-state index is -3.30. The van der Waals surface area contributed by atoms with E-state index in [2.05, 4.69) is 20.5 Å². The number of carbonyl (C=O) groups is 1. The highest BCUT2D eigenvalue weighted by molar-refractivity contribution is 7.99. The van der Waals surface area contributed by atoms with Crippen molar-refractivity contribution in [3.63, 3.8) is 0 Å². The van der Waals surface area contributed by atoms with Crippen LogP contribution in [0.4, 0.5) is 5.69 Å². The molecule has 1 N–H and O–H groups in total. The summed E-state index contributed by atoms with van der Waals surface area (Å²) in [4.78, 5) is 16.8. The number of aromatic nitrogens is 4. The van der Waals surface area contributed by atoms with E-state index in [-0.39, 0.29) is 16.6 Å². The summed E-state index contributed by atoms with van der Waals surface area (Å²) < 4.78 is 30.3. The Labute approximate surface area is 201 Å². The van der Waals surface area contributed by atoms with E-state index < -0.39 is 9.84 Å². The minimum Gasteiger partial charge on any atom is -0.497 e. The molecular formula is C23H21N5O4S2. The van der Waals surface area contributed by atoms with Gasteiger partial charge in [0, 0.05) is 35.6 Å². The first-order valence-electron chi connectivity index (χ1n) is 10.1. The fourth-order valence-electron chi connectivity index (χ4n) is 3.13. The maximum absolute atomic E-state index is 12.5. The maximum atomic E-state index is 12.5. The number of nitrogens with zero attached hydrogens (tertiary/aromatic N) is 4. The van der Waals surface area contributed by atoms with Crippen LogP contribution >= 0.6 is 11.8 Å². The summed E-state index contributed by atoms with van der Waals surface area (Å²) in [7, 11) is -1.70. The smallest absolute Gasteiger partial charge is 0.234 e. The van der Waals surface area contributed by atoms with Gasteiger partial charge >= 0.3 is 0 Å². The van der Waals surface area contributed by atoms with Gasteiger partial charge in [0.25, 0.3) is 0 Å². The topological polar surface area (TPSA) is 116 Å². The summed E-state index contributed by atoms with van der Waals surface area (Å²) in [5.41, 5.74) is 2.16. The first-order valence-corrected chi connectivity index (χ1v) is 13.0. The quantitative estimate of drug-likeness (QED) is 0.370. The number of rotatable bonds is 8. The number of methoxy groups -OCH3 is 1. The van der Waals surface area contributed by atoms with E-state index in [1.807, 2.05) is 41.0 Å². The fraction of sp³-hybridized carbons (Fsp3) is 0.130.